The number of fused-ring (bicyclic) bond motifs is 2. The molecule has 0 saturated carbocycles. The summed E-state index contributed by atoms with van der Waals surface area (Å²) < 4.78 is 1.15. The van der Waals surface area contributed by atoms with Gasteiger partial charge >= 0.3 is 0 Å². The lowest BCUT2D eigenvalue weighted by Crippen LogP contribution is -2.48. The minimum absolute atomic E-state index is 0.0611. The number of thiazole rings is 1. The maximum absolute atomic E-state index is 13.1. The summed E-state index contributed by atoms with van der Waals surface area (Å²) in [5, 5.41) is 4.40. The van der Waals surface area contributed by atoms with Crippen LogP contribution in [0.25, 0.3) is 10.2 Å². The van der Waals surface area contributed by atoms with Crippen LogP contribution in [0.1, 0.15) is 41.8 Å². The van der Waals surface area contributed by atoms with E-state index in [1.165, 1.54) is 0 Å². The van der Waals surface area contributed by atoms with Crippen molar-refractivity contribution >= 4 is 45.1 Å². The van der Waals surface area contributed by atoms with Crippen LogP contribution < -0.4 is 10.2 Å². The van der Waals surface area contributed by atoms with Gasteiger partial charge in [-0.15, -0.1) is 11.3 Å². The van der Waals surface area contributed by atoms with Crippen molar-refractivity contribution in [2.45, 2.75) is 39.9 Å². The molecular formula is C23H27N7O2S. The van der Waals surface area contributed by atoms with Crippen LogP contribution in [0.15, 0.2) is 24.3 Å². The average molecular weight is 466 g/mol. The molecule has 0 spiro atoms. The molecule has 1 N–H and O–H groups in total. The molecule has 5 rings (SSSR count). The molecule has 0 radical (unpaired) electrons. The number of carbonyl (C=O) groups is 2. The summed E-state index contributed by atoms with van der Waals surface area (Å²) in [6.07, 6.45) is 0. The largest absolute Gasteiger partial charge is 0.363 e. The Hall–Kier alpha value is -3.27. The lowest BCUT2D eigenvalue weighted by atomic mass is 10.2. The topological polar surface area (TPSA) is 94.6 Å². The summed E-state index contributed by atoms with van der Waals surface area (Å²) in [5.74, 6) is 1.22. The van der Waals surface area contributed by atoms with E-state index in [4.69, 9.17) is 9.97 Å². The predicted octanol–water partition coefficient (Wildman–Crippen LogP) is 2.73. The first-order valence-corrected chi connectivity index (χ1v) is 12.0. The number of benzene rings is 1. The Morgan fingerprint density at radius 2 is 1.88 bits per heavy atom. The smallest absolute Gasteiger partial charge is 0.273 e. The van der Waals surface area contributed by atoms with Gasteiger partial charge in [-0.2, -0.15) is 4.98 Å². The molecule has 1 saturated heterocycles. The number of carbonyl (C=O) groups excluding carboxylic acids is 2. The fraction of sp³-hybridized carbons (Fsp3) is 0.435. The van der Waals surface area contributed by atoms with Crippen molar-refractivity contribution in [3.63, 3.8) is 0 Å². The van der Waals surface area contributed by atoms with Gasteiger partial charge in [0, 0.05) is 44.7 Å². The van der Waals surface area contributed by atoms with Gasteiger partial charge in [0.05, 0.1) is 23.3 Å². The first-order chi connectivity index (χ1) is 15.9. The van der Waals surface area contributed by atoms with Crippen molar-refractivity contribution in [2.75, 3.05) is 36.4 Å². The molecule has 172 valence electrons. The van der Waals surface area contributed by atoms with E-state index in [0.29, 0.717) is 56.7 Å². The van der Waals surface area contributed by atoms with E-state index in [1.54, 1.807) is 18.3 Å². The van der Waals surface area contributed by atoms with Gasteiger partial charge in [-0.25, -0.2) is 9.97 Å². The van der Waals surface area contributed by atoms with Crippen molar-refractivity contribution in [2.24, 2.45) is 0 Å². The highest BCUT2D eigenvalue weighted by Crippen LogP contribution is 2.31. The van der Waals surface area contributed by atoms with Crippen LogP contribution in [0.3, 0.4) is 0 Å². The number of hydrogen-bond acceptors (Lipinski definition) is 8. The zero-order chi connectivity index (χ0) is 23.1. The molecule has 3 aromatic rings. The molecule has 4 heterocycles. The Kier molecular flexibility index (Phi) is 5.61. The number of anilines is 2. The lowest BCUT2D eigenvalue weighted by Gasteiger charge is -2.34. The van der Waals surface area contributed by atoms with Crippen LogP contribution in [-0.4, -0.2) is 68.8 Å². The standard InChI is InChI=1S/C23H27N7O2S/c1-14(2)30-13-16-20(22(30)32)26-23(29-10-8-28(9-11-29)15(3)31)27-21(16)24-12-19-25-17-6-4-5-7-18(17)33-19/h4-7,14H,8-13H2,1-3H3,(H,24,26,27). The molecule has 2 aliphatic heterocycles. The Bertz CT molecular complexity index is 1180. The number of para-hydroxylation sites is 1. The monoisotopic (exact) mass is 465 g/mol. The zero-order valence-electron chi connectivity index (χ0n) is 19.0. The van der Waals surface area contributed by atoms with Crippen molar-refractivity contribution in [3.8, 4) is 0 Å². The highest BCUT2D eigenvalue weighted by atomic mass is 32.1. The highest BCUT2D eigenvalue weighted by molar-refractivity contribution is 7.18. The van der Waals surface area contributed by atoms with Crippen LogP contribution in [0, 0.1) is 0 Å². The fourth-order valence-corrected chi connectivity index (χ4v) is 5.16. The second-order valence-corrected chi connectivity index (χ2v) is 9.76. The minimum atomic E-state index is -0.0611. The third-order valence-electron chi connectivity index (χ3n) is 6.16. The van der Waals surface area contributed by atoms with Crippen molar-refractivity contribution in [1.82, 2.24) is 24.8 Å². The number of rotatable bonds is 5. The highest BCUT2D eigenvalue weighted by Gasteiger charge is 2.35. The average Bonchev–Trinajstić information content (AvgIpc) is 3.38. The van der Waals surface area contributed by atoms with E-state index in [1.807, 2.05) is 46.7 Å². The Labute approximate surface area is 196 Å². The van der Waals surface area contributed by atoms with Gasteiger partial charge in [-0.3, -0.25) is 9.59 Å². The van der Waals surface area contributed by atoms with Crippen molar-refractivity contribution in [3.05, 3.63) is 40.5 Å². The quantitative estimate of drug-likeness (QED) is 0.619. The molecule has 0 unspecified atom stereocenters. The van der Waals surface area contributed by atoms with Gasteiger partial charge in [0.25, 0.3) is 5.91 Å². The molecule has 33 heavy (non-hydrogen) atoms. The third-order valence-corrected chi connectivity index (χ3v) is 7.20. The summed E-state index contributed by atoms with van der Waals surface area (Å²) in [7, 11) is 0. The maximum Gasteiger partial charge on any atom is 0.273 e. The number of nitrogens with zero attached hydrogens (tertiary/aromatic N) is 6. The van der Waals surface area contributed by atoms with E-state index < -0.39 is 0 Å². The Morgan fingerprint density at radius 1 is 1.12 bits per heavy atom. The van der Waals surface area contributed by atoms with E-state index in [-0.39, 0.29) is 17.9 Å². The second kappa shape index (κ2) is 8.58. The van der Waals surface area contributed by atoms with Gasteiger partial charge in [0.15, 0.2) is 0 Å². The van der Waals surface area contributed by atoms with Gasteiger partial charge in [0.1, 0.15) is 16.5 Å². The first kappa shape index (κ1) is 21.6. The number of aromatic nitrogens is 3. The van der Waals surface area contributed by atoms with Crippen molar-refractivity contribution < 1.29 is 9.59 Å². The molecule has 2 aromatic heterocycles. The van der Waals surface area contributed by atoms with Crippen LogP contribution in [0.5, 0.6) is 0 Å². The number of nitrogens with one attached hydrogen (secondary N) is 1. The fourth-order valence-electron chi connectivity index (χ4n) is 4.26. The van der Waals surface area contributed by atoms with Crippen LogP contribution in [0.4, 0.5) is 11.8 Å². The van der Waals surface area contributed by atoms with E-state index in [2.05, 4.69) is 16.4 Å². The predicted molar refractivity (Wildman–Crippen MR) is 128 cm³/mol. The molecule has 10 heteroatoms. The normalized spacial score (nSPS) is 16.1. The number of amides is 2. The van der Waals surface area contributed by atoms with E-state index in [0.717, 1.165) is 20.8 Å². The van der Waals surface area contributed by atoms with Crippen molar-refractivity contribution in [1.29, 1.82) is 0 Å². The van der Waals surface area contributed by atoms with Gasteiger partial charge in [0.2, 0.25) is 11.9 Å². The van der Waals surface area contributed by atoms with Crippen LogP contribution in [0.2, 0.25) is 0 Å². The Morgan fingerprint density at radius 3 is 2.58 bits per heavy atom. The number of piperazine rings is 1. The maximum atomic E-state index is 13.1. The molecule has 2 amide bonds. The molecule has 0 atom stereocenters. The summed E-state index contributed by atoms with van der Waals surface area (Å²) in [4.78, 5) is 44.7. The summed E-state index contributed by atoms with van der Waals surface area (Å²) in [6, 6.07) is 8.15. The molecule has 0 aliphatic carbocycles. The lowest BCUT2D eigenvalue weighted by molar-refractivity contribution is -0.129. The third kappa shape index (κ3) is 4.10. The van der Waals surface area contributed by atoms with Gasteiger partial charge in [-0.1, -0.05) is 12.1 Å². The zero-order valence-corrected chi connectivity index (χ0v) is 19.9. The second-order valence-electron chi connectivity index (χ2n) is 8.65. The summed E-state index contributed by atoms with van der Waals surface area (Å²) >= 11 is 1.65. The molecule has 9 nitrogen and oxygen atoms in total. The SMILES string of the molecule is CC(=O)N1CCN(c2nc(NCc3nc4ccccc4s3)c3c(n2)C(=O)N(C(C)C)C3)CC1. The molecule has 0 bridgehead atoms. The number of hydrogen-bond donors (Lipinski definition) is 1. The first-order valence-electron chi connectivity index (χ1n) is 11.2. The van der Waals surface area contributed by atoms with E-state index >= 15 is 0 Å². The Balaban J connectivity index is 1.43. The molecule has 1 aromatic carbocycles. The summed E-state index contributed by atoms with van der Waals surface area (Å²) in [6.45, 7) is 9.14. The molecule has 2 aliphatic rings. The molecule has 1 fully saturated rings. The minimum Gasteiger partial charge on any atom is -0.363 e. The van der Waals surface area contributed by atoms with Crippen LogP contribution in [-0.2, 0) is 17.9 Å². The van der Waals surface area contributed by atoms with Crippen LogP contribution >= 0.6 is 11.3 Å². The summed E-state index contributed by atoms with van der Waals surface area (Å²) in [5.41, 5.74) is 2.29. The molecular weight excluding hydrogens is 438 g/mol. The van der Waals surface area contributed by atoms with Gasteiger partial charge in [-0.05, 0) is 26.0 Å². The van der Waals surface area contributed by atoms with Gasteiger partial charge < -0.3 is 20.0 Å². The van der Waals surface area contributed by atoms with E-state index in [9.17, 15) is 9.59 Å².